The lowest BCUT2D eigenvalue weighted by Gasteiger charge is -2.09. The average molecular weight is 281 g/mol. The second kappa shape index (κ2) is 5.25. The van der Waals surface area contributed by atoms with Gasteiger partial charge in [0.25, 0.3) is 0 Å². The third-order valence-corrected chi connectivity index (χ3v) is 3.41. The molecular formula is C17H12FNO2. The number of rotatable bonds is 2. The number of halogens is 1. The van der Waals surface area contributed by atoms with Gasteiger partial charge < -0.3 is 10.3 Å². The molecule has 0 saturated heterocycles. The number of oxime groups is 1. The van der Waals surface area contributed by atoms with Crippen LogP contribution in [-0.4, -0.2) is 16.5 Å². The number of benzene rings is 3. The first kappa shape index (κ1) is 13.1. The van der Waals surface area contributed by atoms with E-state index in [0.29, 0.717) is 5.56 Å². The van der Waals surface area contributed by atoms with Crippen molar-refractivity contribution in [3.63, 3.8) is 0 Å². The summed E-state index contributed by atoms with van der Waals surface area (Å²) >= 11 is 0. The van der Waals surface area contributed by atoms with Crippen LogP contribution in [0.25, 0.3) is 21.9 Å². The van der Waals surface area contributed by atoms with Crippen LogP contribution >= 0.6 is 0 Å². The van der Waals surface area contributed by atoms with Gasteiger partial charge in [-0.25, -0.2) is 4.39 Å². The first-order valence-corrected chi connectivity index (χ1v) is 6.39. The molecule has 4 heteroatoms. The Kier molecular flexibility index (Phi) is 3.28. The molecule has 3 rings (SSSR count). The van der Waals surface area contributed by atoms with E-state index >= 15 is 0 Å². The summed E-state index contributed by atoms with van der Waals surface area (Å²) in [5.74, 6) is -1.02. The number of hydrogen-bond acceptors (Lipinski definition) is 3. The third-order valence-electron chi connectivity index (χ3n) is 3.41. The number of nitrogens with zero attached hydrogens (tertiary/aromatic N) is 1. The van der Waals surface area contributed by atoms with E-state index < -0.39 is 5.82 Å². The van der Waals surface area contributed by atoms with E-state index in [4.69, 9.17) is 5.21 Å². The van der Waals surface area contributed by atoms with Crippen molar-refractivity contribution in [1.82, 2.24) is 0 Å². The maximum absolute atomic E-state index is 13.6. The minimum absolute atomic E-state index is 0.368. The Morgan fingerprint density at radius 3 is 2.43 bits per heavy atom. The summed E-state index contributed by atoms with van der Waals surface area (Å²) in [5.41, 5.74) is 2.30. The predicted molar refractivity (Wildman–Crippen MR) is 80.4 cm³/mol. The fraction of sp³-hybridized carbons (Fsp3) is 0. The maximum atomic E-state index is 13.6. The molecular weight excluding hydrogens is 269 g/mol. The Hall–Kier alpha value is -2.88. The van der Waals surface area contributed by atoms with Crippen LogP contribution in [0.2, 0.25) is 0 Å². The van der Waals surface area contributed by atoms with Gasteiger partial charge in [-0.05, 0) is 34.0 Å². The van der Waals surface area contributed by atoms with Gasteiger partial charge in [-0.1, -0.05) is 47.6 Å². The normalized spacial score (nSPS) is 11.3. The number of hydrogen-bond donors (Lipinski definition) is 2. The van der Waals surface area contributed by atoms with Gasteiger partial charge in [-0.3, -0.25) is 0 Å². The lowest BCUT2D eigenvalue weighted by Crippen LogP contribution is -1.89. The molecule has 0 amide bonds. The Morgan fingerprint density at radius 2 is 1.71 bits per heavy atom. The smallest absolute Gasteiger partial charge is 0.165 e. The van der Waals surface area contributed by atoms with Gasteiger partial charge in [0.1, 0.15) is 0 Å². The highest BCUT2D eigenvalue weighted by Crippen LogP contribution is 2.32. The van der Waals surface area contributed by atoms with Crippen LogP contribution in [0.1, 0.15) is 5.56 Å². The first-order chi connectivity index (χ1) is 10.2. The molecule has 3 aromatic carbocycles. The highest BCUT2D eigenvalue weighted by Gasteiger charge is 2.09. The van der Waals surface area contributed by atoms with Crippen molar-refractivity contribution in [2.45, 2.75) is 0 Å². The molecule has 0 spiro atoms. The van der Waals surface area contributed by atoms with Crippen LogP contribution < -0.4 is 0 Å². The fourth-order valence-electron chi connectivity index (χ4n) is 2.42. The molecule has 21 heavy (non-hydrogen) atoms. The standard InChI is InChI=1S/C17H12FNO2/c18-16-9-11(6-8-17(16)20)14-7-5-12(10-19-21)13-3-1-2-4-15(13)14/h1-10,20-21H/b19-10+. The summed E-state index contributed by atoms with van der Waals surface area (Å²) in [6.07, 6.45) is 1.36. The van der Waals surface area contributed by atoms with Crippen LogP contribution in [0, 0.1) is 5.82 Å². The summed E-state index contributed by atoms with van der Waals surface area (Å²) < 4.78 is 13.6. The summed E-state index contributed by atoms with van der Waals surface area (Å²) in [7, 11) is 0. The van der Waals surface area contributed by atoms with Crippen molar-refractivity contribution in [2.24, 2.45) is 5.16 Å². The van der Waals surface area contributed by atoms with Crippen LogP contribution in [0.4, 0.5) is 4.39 Å². The molecule has 0 aliphatic carbocycles. The van der Waals surface area contributed by atoms with E-state index in [1.165, 1.54) is 18.3 Å². The van der Waals surface area contributed by atoms with Crippen LogP contribution in [0.3, 0.4) is 0 Å². The van der Waals surface area contributed by atoms with E-state index in [9.17, 15) is 9.50 Å². The van der Waals surface area contributed by atoms with Crippen molar-refractivity contribution in [3.8, 4) is 16.9 Å². The molecule has 0 aliphatic rings. The molecule has 0 fully saturated rings. The summed E-state index contributed by atoms with van der Waals surface area (Å²) in [6, 6.07) is 15.6. The second-order valence-electron chi connectivity index (χ2n) is 4.66. The summed E-state index contributed by atoms with van der Waals surface area (Å²) in [4.78, 5) is 0. The van der Waals surface area contributed by atoms with Crippen molar-refractivity contribution >= 4 is 17.0 Å². The minimum Gasteiger partial charge on any atom is -0.505 e. The Bertz CT molecular complexity index is 843. The molecule has 0 heterocycles. The summed E-state index contributed by atoms with van der Waals surface area (Å²) in [5, 5.41) is 22.9. The van der Waals surface area contributed by atoms with Crippen LogP contribution in [0.5, 0.6) is 5.75 Å². The van der Waals surface area contributed by atoms with Crippen molar-refractivity contribution in [1.29, 1.82) is 0 Å². The zero-order chi connectivity index (χ0) is 14.8. The molecule has 0 aliphatic heterocycles. The fourth-order valence-corrected chi connectivity index (χ4v) is 2.42. The van der Waals surface area contributed by atoms with Gasteiger partial charge in [0.2, 0.25) is 0 Å². The first-order valence-electron chi connectivity index (χ1n) is 6.39. The summed E-state index contributed by atoms with van der Waals surface area (Å²) in [6.45, 7) is 0. The van der Waals surface area contributed by atoms with Gasteiger partial charge in [-0.2, -0.15) is 0 Å². The topological polar surface area (TPSA) is 52.8 Å². The van der Waals surface area contributed by atoms with Crippen molar-refractivity contribution in [3.05, 3.63) is 66.0 Å². The molecule has 0 bridgehead atoms. The Balaban J connectivity index is 2.28. The van der Waals surface area contributed by atoms with Crippen LogP contribution in [0.15, 0.2) is 59.8 Å². The zero-order valence-corrected chi connectivity index (χ0v) is 11.0. The molecule has 2 N–H and O–H groups in total. The quantitative estimate of drug-likeness (QED) is 0.421. The lowest BCUT2D eigenvalue weighted by molar-refractivity contribution is 0.322. The Labute approximate surface area is 120 Å². The Morgan fingerprint density at radius 1 is 0.952 bits per heavy atom. The van der Waals surface area contributed by atoms with E-state index in [-0.39, 0.29) is 5.75 Å². The number of fused-ring (bicyclic) bond motifs is 1. The molecule has 0 unspecified atom stereocenters. The van der Waals surface area contributed by atoms with E-state index in [1.54, 1.807) is 6.07 Å². The molecule has 0 atom stereocenters. The van der Waals surface area contributed by atoms with Crippen LogP contribution in [-0.2, 0) is 0 Å². The molecule has 0 saturated carbocycles. The lowest BCUT2D eigenvalue weighted by atomic mass is 9.95. The molecule has 3 nitrogen and oxygen atoms in total. The molecule has 0 aromatic heterocycles. The van der Waals surface area contributed by atoms with E-state index in [0.717, 1.165) is 21.9 Å². The van der Waals surface area contributed by atoms with E-state index in [1.807, 2.05) is 36.4 Å². The minimum atomic E-state index is -0.655. The number of phenols is 1. The highest BCUT2D eigenvalue weighted by molar-refractivity contribution is 6.06. The predicted octanol–water partition coefficient (Wildman–Crippen LogP) is 4.16. The van der Waals surface area contributed by atoms with Gasteiger partial charge >= 0.3 is 0 Å². The SMILES string of the molecule is O/N=C/c1ccc(-c2ccc(O)c(F)c2)c2ccccc12. The number of aromatic hydroxyl groups is 1. The monoisotopic (exact) mass is 281 g/mol. The third kappa shape index (κ3) is 2.31. The average Bonchev–Trinajstić information content (AvgIpc) is 2.51. The molecule has 3 aromatic rings. The van der Waals surface area contributed by atoms with Crippen molar-refractivity contribution in [2.75, 3.05) is 0 Å². The number of phenolic OH excluding ortho intramolecular Hbond substituents is 1. The van der Waals surface area contributed by atoms with Gasteiger partial charge in [0, 0.05) is 5.56 Å². The maximum Gasteiger partial charge on any atom is 0.165 e. The van der Waals surface area contributed by atoms with Gasteiger partial charge in [0.15, 0.2) is 11.6 Å². The zero-order valence-electron chi connectivity index (χ0n) is 11.0. The van der Waals surface area contributed by atoms with Crippen molar-refractivity contribution < 1.29 is 14.7 Å². The second-order valence-corrected chi connectivity index (χ2v) is 4.66. The largest absolute Gasteiger partial charge is 0.505 e. The van der Waals surface area contributed by atoms with Gasteiger partial charge in [-0.15, -0.1) is 0 Å². The van der Waals surface area contributed by atoms with E-state index in [2.05, 4.69) is 5.16 Å². The van der Waals surface area contributed by atoms with Gasteiger partial charge in [0.05, 0.1) is 6.21 Å². The molecule has 104 valence electrons. The molecule has 0 radical (unpaired) electrons. The highest BCUT2D eigenvalue weighted by atomic mass is 19.1.